The molecule has 1 saturated heterocycles. The van der Waals surface area contributed by atoms with Crippen molar-refractivity contribution in [3.63, 3.8) is 0 Å². The smallest absolute Gasteiger partial charge is 0.265 e. The summed E-state index contributed by atoms with van der Waals surface area (Å²) in [5.41, 5.74) is 2.20. The van der Waals surface area contributed by atoms with Crippen LogP contribution in [0.2, 0.25) is 0 Å². The van der Waals surface area contributed by atoms with E-state index in [9.17, 15) is 9.59 Å². The summed E-state index contributed by atoms with van der Waals surface area (Å²) in [7, 11) is 0. The Morgan fingerprint density at radius 1 is 1.11 bits per heavy atom. The van der Waals surface area contributed by atoms with Gasteiger partial charge in [0.05, 0.1) is 0 Å². The van der Waals surface area contributed by atoms with Gasteiger partial charge in [-0.2, -0.15) is 0 Å². The van der Waals surface area contributed by atoms with Crippen molar-refractivity contribution in [1.29, 1.82) is 0 Å². The SMILES string of the molecule is CCC(Oc1ccccc1C)C(=O)Nc1cccc(C(=O)N2CCCC2)c1. The molecular formula is C22H26N2O3. The van der Waals surface area contributed by atoms with Gasteiger partial charge in [-0.05, 0) is 56.0 Å². The predicted octanol–water partition coefficient (Wildman–Crippen LogP) is 4.03. The van der Waals surface area contributed by atoms with E-state index in [0.717, 1.165) is 31.5 Å². The Morgan fingerprint density at radius 3 is 2.56 bits per heavy atom. The number of carbonyl (C=O) groups excluding carboxylic acids is 2. The normalized spacial score (nSPS) is 14.7. The highest BCUT2D eigenvalue weighted by atomic mass is 16.5. The van der Waals surface area contributed by atoms with E-state index < -0.39 is 6.10 Å². The topological polar surface area (TPSA) is 58.6 Å². The third-order valence-electron chi connectivity index (χ3n) is 4.80. The maximum Gasteiger partial charge on any atom is 0.265 e. The predicted molar refractivity (Wildman–Crippen MR) is 106 cm³/mol. The lowest BCUT2D eigenvalue weighted by Gasteiger charge is -2.19. The number of nitrogens with zero attached hydrogens (tertiary/aromatic N) is 1. The molecule has 0 aromatic heterocycles. The van der Waals surface area contributed by atoms with E-state index in [1.165, 1.54) is 0 Å². The fourth-order valence-electron chi connectivity index (χ4n) is 3.22. The highest BCUT2D eigenvalue weighted by Crippen LogP contribution is 2.20. The van der Waals surface area contributed by atoms with E-state index in [4.69, 9.17) is 4.74 Å². The van der Waals surface area contributed by atoms with Crippen LogP contribution in [0.15, 0.2) is 48.5 Å². The number of benzene rings is 2. The minimum absolute atomic E-state index is 0.0202. The monoisotopic (exact) mass is 366 g/mol. The maximum atomic E-state index is 12.7. The van der Waals surface area contributed by atoms with Crippen LogP contribution >= 0.6 is 0 Å². The molecule has 1 heterocycles. The second-order valence-electron chi connectivity index (χ2n) is 6.85. The van der Waals surface area contributed by atoms with Crippen LogP contribution in [0, 0.1) is 6.92 Å². The third kappa shape index (κ3) is 4.67. The van der Waals surface area contributed by atoms with Crippen molar-refractivity contribution < 1.29 is 14.3 Å². The minimum Gasteiger partial charge on any atom is -0.480 e. The molecule has 1 unspecified atom stereocenters. The van der Waals surface area contributed by atoms with Crippen molar-refractivity contribution in [2.75, 3.05) is 18.4 Å². The zero-order valence-corrected chi connectivity index (χ0v) is 15.9. The number of amides is 2. The first kappa shape index (κ1) is 19.0. The van der Waals surface area contributed by atoms with Gasteiger partial charge in [0.1, 0.15) is 5.75 Å². The standard InChI is InChI=1S/C22H26N2O3/c1-3-19(27-20-12-5-4-9-16(20)2)21(25)23-18-11-8-10-17(15-18)22(26)24-13-6-7-14-24/h4-5,8-12,15,19H,3,6-7,13-14H2,1-2H3,(H,23,25). The Labute approximate surface area is 160 Å². The van der Waals surface area contributed by atoms with Crippen LogP contribution in [0.5, 0.6) is 5.75 Å². The van der Waals surface area contributed by atoms with Gasteiger partial charge in [-0.15, -0.1) is 0 Å². The van der Waals surface area contributed by atoms with Gasteiger partial charge in [0.2, 0.25) is 0 Å². The van der Waals surface area contributed by atoms with Crippen molar-refractivity contribution in [3.8, 4) is 5.75 Å². The van der Waals surface area contributed by atoms with Crippen molar-refractivity contribution in [2.45, 2.75) is 39.2 Å². The number of anilines is 1. The minimum atomic E-state index is -0.593. The summed E-state index contributed by atoms with van der Waals surface area (Å²) in [4.78, 5) is 27.1. The fraction of sp³-hybridized carbons (Fsp3) is 0.364. The van der Waals surface area contributed by atoms with Crippen LogP contribution in [0.1, 0.15) is 42.1 Å². The Morgan fingerprint density at radius 2 is 1.85 bits per heavy atom. The number of nitrogens with one attached hydrogen (secondary N) is 1. The Bertz CT molecular complexity index is 813. The zero-order chi connectivity index (χ0) is 19.2. The molecule has 0 aliphatic carbocycles. The second-order valence-corrected chi connectivity index (χ2v) is 6.85. The van der Waals surface area contributed by atoms with E-state index in [-0.39, 0.29) is 11.8 Å². The maximum absolute atomic E-state index is 12.7. The Balaban J connectivity index is 1.68. The first-order chi connectivity index (χ1) is 13.1. The number of hydrogen-bond acceptors (Lipinski definition) is 3. The first-order valence-electron chi connectivity index (χ1n) is 9.51. The van der Waals surface area contributed by atoms with Gasteiger partial charge in [0.25, 0.3) is 11.8 Å². The molecule has 5 nitrogen and oxygen atoms in total. The summed E-state index contributed by atoms with van der Waals surface area (Å²) in [5, 5.41) is 2.88. The molecule has 1 N–H and O–H groups in total. The van der Waals surface area contributed by atoms with Crippen molar-refractivity contribution in [1.82, 2.24) is 4.90 Å². The lowest BCUT2D eigenvalue weighted by molar-refractivity contribution is -0.122. The first-order valence-corrected chi connectivity index (χ1v) is 9.51. The number of para-hydroxylation sites is 1. The number of ether oxygens (including phenoxy) is 1. The number of likely N-dealkylation sites (tertiary alicyclic amines) is 1. The van der Waals surface area contributed by atoms with Crippen LogP contribution in [0.25, 0.3) is 0 Å². The van der Waals surface area contributed by atoms with Gasteiger partial charge in [0, 0.05) is 24.3 Å². The molecule has 0 bridgehead atoms. The molecule has 2 aromatic carbocycles. The molecule has 3 rings (SSSR count). The largest absolute Gasteiger partial charge is 0.480 e. The van der Waals surface area contributed by atoms with Gasteiger partial charge < -0.3 is 15.0 Å². The van der Waals surface area contributed by atoms with Crippen molar-refractivity contribution in [2.24, 2.45) is 0 Å². The number of rotatable bonds is 6. The molecule has 2 aromatic rings. The highest BCUT2D eigenvalue weighted by Gasteiger charge is 2.22. The average molecular weight is 366 g/mol. The van der Waals surface area contributed by atoms with Crippen LogP contribution in [-0.4, -0.2) is 35.9 Å². The van der Waals surface area contributed by atoms with Crippen LogP contribution < -0.4 is 10.1 Å². The molecule has 1 fully saturated rings. The van der Waals surface area contributed by atoms with Crippen molar-refractivity contribution in [3.05, 3.63) is 59.7 Å². The zero-order valence-electron chi connectivity index (χ0n) is 15.9. The number of hydrogen-bond donors (Lipinski definition) is 1. The quantitative estimate of drug-likeness (QED) is 0.840. The van der Waals surface area contributed by atoms with Crippen LogP contribution in [-0.2, 0) is 4.79 Å². The van der Waals surface area contributed by atoms with Crippen LogP contribution in [0.3, 0.4) is 0 Å². The molecule has 1 atom stereocenters. The molecule has 5 heteroatoms. The van der Waals surface area contributed by atoms with Gasteiger partial charge in [-0.1, -0.05) is 31.2 Å². The summed E-state index contributed by atoms with van der Waals surface area (Å²) in [6, 6.07) is 14.7. The Hall–Kier alpha value is -2.82. The summed E-state index contributed by atoms with van der Waals surface area (Å²) in [6.07, 6.45) is 2.06. The summed E-state index contributed by atoms with van der Waals surface area (Å²) >= 11 is 0. The summed E-state index contributed by atoms with van der Waals surface area (Å²) in [5.74, 6) is 0.510. The van der Waals surface area contributed by atoms with E-state index in [1.807, 2.05) is 43.0 Å². The average Bonchev–Trinajstić information content (AvgIpc) is 3.21. The highest BCUT2D eigenvalue weighted by molar-refractivity contribution is 5.98. The lowest BCUT2D eigenvalue weighted by atomic mass is 10.1. The van der Waals surface area contributed by atoms with Gasteiger partial charge >= 0.3 is 0 Å². The molecule has 27 heavy (non-hydrogen) atoms. The molecule has 1 aliphatic rings. The molecule has 0 spiro atoms. The number of carbonyl (C=O) groups is 2. The summed E-state index contributed by atoms with van der Waals surface area (Å²) < 4.78 is 5.90. The van der Waals surface area contributed by atoms with Crippen LogP contribution in [0.4, 0.5) is 5.69 Å². The molecule has 0 radical (unpaired) electrons. The summed E-state index contributed by atoms with van der Waals surface area (Å²) in [6.45, 7) is 5.47. The van der Waals surface area contributed by atoms with E-state index in [1.54, 1.807) is 24.3 Å². The fourth-order valence-corrected chi connectivity index (χ4v) is 3.22. The van der Waals surface area contributed by atoms with E-state index in [0.29, 0.717) is 23.4 Å². The van der Waals surface area contributed by atoms with Gasteiger partial charge in [-0.25, -0.2) is 0 Å². The third-order valence-corrected chi connectivity index (χ3v) is 4.80. The Kier molecular flexibility index (Phi) is 6.12. The van der Waals surface area contributed by atoms with Gasteiger partial charge in [0.15, 0.2) is 6.10 Å². The molecule has 0 saturated carbocycles. The molecular weight excluding hydrogens is 340 g/mol. The molecule has 2 amide bonds. The number of aryl methyl sites for hydroxylation is 1. The van der Waals surface area contributed by atoms with Gasteiger partial charge in [-0.3, -0.25) is 9.59 Å². The second kappa shape index (κ2) is 8.71. The van der Waals surface area contributed by atoms with Crippen molar-refractivity contribution >= 4 is 17.5 Å². The molecule has 1 aliphatic heterocycles. The van der Waals surface area contributed by atoms with E-state index >= 15 is 0 Å². The van der Waals surface area contributed by atoms with E-state index in [2.05, 4.69) is 5.32 Å². The molecule has 142 valence electrons. The lowest BCUT2D eigenvalue weighted by Crippen LogP contribution is -2.32.